The monoisotopic (exact) mass is 399 g/mol. The third kappa shape index (κ3) is 3.65. The Balaban J connectivity index is 1.26. The number of carbonyl (C=O) groups is 2. The van der Waals surface area contributed by atoms with Gasteiger partial charge in [-0.05, 0) is 31.5 Å². The standard InChI is InChI=1S/C22H29N3O4/c1-29-19-9-3-2-8-18(19)24-15-13-23(14-16-24)11-6-12-25-20(26)17-7-4-5-10-22(17,28)21(25)27/h2-5,8-9,17,28H,6-7,10-16H2,1H3. The molecule has 0 radical (unpaired) electrons. The molecule has 0 saturated carbocycles. The highest BCUT2D eigenvalue weighted by molar-refractivity contribution is 6.09. The first-order chi connectivity index (χ1) is 14.0. The number of rotatable bonds is 6. The van der Waals surface area contributed by atoms with Crippen LogP contribution in [-0.4, -0.2) is 78.7 Å². The van der Waals surface area contributed by atoms with Gasteiger partial charge in [-0.3, -0.25) is 19.4 Å². The molecule has 2 unspecified atom stereocenters. The third-order valence-electron chi connectivity index (χ3n) is 6.38. The van der Waals surface area contributed by atoms with Crippen molar-refractivity contribution in [1.82, 2.24) is 9.80 Å². The first kappa shape index (κ1) is 19.9. The van der Waals surface area contributed by atoms with Crippen molar-refractivity contribution in [1.29, 1.82) is 0 Å². The van der Waals surface area contributed by atoms with E-state index in [0.717, 1.165) is 50.6 Å². The number of ether oxygens (including phenoxy) is 1. The molecule has 0 bridgehead atoms. The number of allylic oxidation sites excluding steroid dienone is 1. The molecule has 1 aromatic carbocycles. The van der Waals surface area contributed by atoms with Gasteiger partial charge >= 0.3 is 0 Å². The summed E-state index contributed by atoms with van der Waals surface area (Å²) >= 11 is 0. The topological polar surface area (TPSA) is 73.3 Å². The summed E-state index contributed by atoms with van der Waals surface area (Å²) < 4.78 is 5.47. The molecule has 2 saturated heterocycles. The molecule has 0 spiro atoms. The highest BCUT2D eigenvalue weighted by Crippen LogP contribution is 2.38. The van der Waals surface area contributed by atoms with Gasteiger partial charge in [-0.15, -0.1) is 0 Å². The highest BCUT2D eigenvalue weighted by atomic mass is 16.5. The Kier molecular flexibility index (Phi) is 5.61. The van der Waals surface area contributed by atoms with Gasteiger partial charge in [0.25, 0.3) is 5.91 Å². The molecule has 7 nitrogen and oxygen atoms in total. The van der Waals surface area contributed by atoms with Crippen LogP contribution in [0, 0.1) is 5.92 Å². The number of benzene rings is 1. The number of piperazine rings is 1. The van der Waals surface area contributed by atoms with E-state index in [2.05, 4.69) is 15.9 Å². The molecule has 1 aromatic rings. The molecule has 0 aromatic heterocycles. The molecule has 2 aliphatic heterocycles. The lowest BCUT2D eigenvalue weighted by Crippen LogP contribution is -2.47. The second-order valence-corrected chi connectivity index (χ2v) is 8.04. The van der Waals surface area contributed by atoms with Crippen LogP contribution in [0.15, 0.2) is 36.4 Å². The lowest BCUT2D eigenvalue weighted by molar-refractivity contribution is -0.146. The quantitative estimate of drug-likeness (QED) is 0.574. The number of methoxy groups -OCH3 is 1. The van der Waals surface area contributed by atoms with Crippen molar-refractivity contribution < 1.29 is 19.4 Å². The van der Waals surface area contributed by atoms with Gasteiger partial charge in [-0.2, -0.15) is 0 Å². The van der Waals surface area contributed by atoms with E-state index >= 15 is 0 Å². The Morgan fingerprint density at radius 2 is 1.86 bits per heavy atom. The van der Waals surface area contributed by atoms with E-state index in [0.29, 0.717) is 13.0 Å². The Bertz CT molecular complexity index is 803. The van der Waals surface area contributed by atoms with Gasteiger partial charge in [0.05, 0.1) is 18.7 Å². The fourth-order valence-electron chi connectivity index (χ4n) is 4.66. The van der Waals surface area contributed by atoms with Crippen molar-refractivity contribution in [3.63, 3.8) is 0 Å². The van der Waals surface area contributed by atoms with E-state index in [-0.39, 0.29) is 12.3 Å². The normalized spacial score (nSPS) is 27.4. The number of para-hydroxylation sites is 2. The molecule has 29 heavy (non-hydrogen) atoms. The van der Waals surface area contributed by atoms with Gasteiger partial charge < -0.3 is 14.7 Å². The molecule has 4 rings (SSSR count). The first-order valence-electron chi connectivity index (χ1n) is 10.4. The Morgan fingerprint density at radius 1 is 1.10 bits per heavy atom. The largest absolute Gasteiger partial charge is 0.495 e. The highest BCUT2D eigenvalue weighted by Gasteiger charge is 2.57. The summed E-state index contributed by atoms with van der Waals surface area (Å²) in [4.78, 5) is 31.2. The minimum absolute atomic E-state index is 0.220. The predicted molar refractivity (Wildman–Crippen MR) is 110 cm³/mol. The molecule has 1 N–H and O–H groups in total. The van der Waals surface area contributed by atoms with Gasteiger partial charge in [0, 0.05) is 39.1 Å². The maximum absolute atomic E-state index is 12.6. The average Bonchev–Trinajstić information content (AvgIpc) is 2.95. The lowest BCUT2D eigenvalue weighted by atomic mass is 9.81. The number of amides is 2. The minimum atomic E-state index is -1.52. The molecule has 2 amide bonds. The van der Waals surface area contributed by atoms with E-state index in [4.69, 9.17) is 4.74 Å². The number of aliphatic hydroxyl groups is 1. The second kappa shape index (κ2) is 8.16. The fraction of sp³-hybridized carbons (Fsp3) is 0.545. The zero-order valence-corrected chi connectivity index (χ0v) is 16.9. The van der Waals surface area contributed by atoms with Gasteiger partial charge in [0.1, 0.15) is 5.75 Å². The second-order valence-electron chi connectivity index (χ2n) is 8.04. The molecule has 2 heterocycles. The van der Waals surface area contributed by atoms with Crippen LogP contribution in [0.1, 0.15) is 19.3 Å². The fourth-order valence-corrected chi connectivity index (χ4v) is 4.66. The SMILES string of the molecule is COc1ccccc1N1CCN(CCCN2C(=O)C3CC=CCC3(O)C2=O)CC1. The van der Waals surface area contributed by atoms with Gasteiger partial charge in [0.15, 0.2) is 5.60 Å². The van der Waals surface area contributed by atoms with Crippen molar-refractivity contribution in [2.45, 2.75) is 24.9 Å². The molecule has 156 valence electrons. The van der Waals surface area contributed by atoms with Crippen LogP contribution in [0.25, 0.3) is 0 Å². The molecule has 7 heteroatoms. The van der Waals surface area contributed by atoms with E-state index < -0.39 is 17.4 Å². The molecule has 3 aliphatic rings. The third-order valence-corrected chi connectivity index (χ3v) is 6.38. The average molecular weight is 399 g/mol. The Labute approximate surface area is 171 Å². The zero-order chi connectivity index (χ0) is 20.4. The van der Waals surface area contributed by atoms with Crippen molar-refractivity contribution in [2.75, 3.05) is 51.3 Å². The molecular formula is C22H29N3O4. The number of nitrogens with zero attached hydrogens (tertiary/aromatic N) is 3. The molecule has 2 atom stereocenters. The van der Waals surface area contributed by atoms with E-state index in [1.165, 1.54) is 4.90 Å². The number of anilines is 1. The van der Waals surface area contributed by atoms with Crippen LogP contribution in [-0.2, 0) is 9.59 Å². The maximum Gasteiger partial charge on any atom is 0.262 e. The number of fused-ring (bicyclic) bond motifs is 1. The van der Waals surface area contributed by atoms with Crippen molar-refractivity contribution in [3.05, 3.63) is 36.4 Å². The number of hydrogen-bond acceptors (Lipinski definition) is 6. The van der Waals surface area contributed by atoms with Crippen LogP contribution < -0.4 is 9.64 Å². The summed E-state index contributed by atoms with van der Waals surface area (Å²) in [6, 6.07) is 8.06. The first-order valence-corrected chi connectivity index (χ1v) is 10.4. The van der Waals surface area contributed by atoms with Crippen LogP contribution in [0.4, 0.5) is 5.69 Å². The van der Waals surface area contributed by atoms with Crippen LogP contribution in [0.5, 0.6) is 5.75 Å². The number of carbonyl (C=O) groups excluding carboxylic acids is 2. The van der Waals surface area contributed by atoms with Gasteiger partial charge in [0.2, 0.25) is 5.91 Å². The van der Waals surface area contributed by atoms with Gasteiger partial charge in [-0.25, -0.2) is 0 Å². The van der Waals surface area contributed by atoms with E-state index in [1.54, 1.807) is 13.2 Å². The zero-order valence-electron chi connectivity index (χ0n) is 16.9. The Morgan fingerprint density at radius 3 is 2.59 bits per heavy atom. The summed E-state index contributed by atoms with van der Waals surface area (Å²) in [5, 5.41) is 10.7. The van der Waals surface area contributed by atoms with Crippen LogP contribution >= 0.6 is 0 Å². The van der Waals surface area contributed by atoms with E-state index in [9.17, 15) is 14.7 Å². The van der Waals surface area contributed by atoms with Crippen LogP contribution in [0.3, 0.4) is 0 Å². The minimum Gasteiger partial charge on any atom is -0.495 e. The Hall–Kier alpha value is -2.38. The summed E-state index contributed by atoms with van der Waals surface area (Å²) in [5.74, 6) is -0.356. The summed E-state index contributed by atoms with van der Waals surface area (Å²) in [5.41, 5.74) is -0.404. The van der Waals surface area contributed by atoms with Gasteiger partial charge in [-0.1, -0.05) is 24.3 Å². The summed E-state index contributed by atoms with van der Waals surface area (Å²) in [6.45, 7) is 4.89. The summed E-state index contributed by atoms with van der Waals surface area (Å²) in [6.07, 6.45) is 5.09. The molecular weight excluding hydrogens is 370 g/mol. The summed E-state index contributed by atoms with van der Waals surface area (Å²) in [7, 11) is 1.69. The maximum atomic E-state index is 12.6. The molecule has 2 fully saturated rings. The number of likely N-dealkylation sites (tertiary alicyclic amines) is 1. The number of imide groups is 1. The van der Waals surface area contributed by atoms with E-state index in [1.807, 2.05) is 24.3 Å². The smallest absolute Gasteiger partial charge is 0.262 e. The lowest BCUT2D eigenvalue weighted by Gasteiger charge is -2.36. The predicted octanol–water partition coefficient (Wildman–Crippen LogP) is 1.27. The van der Waals surface area contributed by atoms with Crippen molar-refractivity contribution >= 4 is 17.5 Å². The van der Waals surface area contributed by atoms with Crippen molar-refractivity contribution in [3.8, 4) is 5.75 Å². The van der Waals surface area contributed by atoms with Crippen molar-refractivity contribution in [2.24, 2.45) is 5.92 Å². The molecule has 1 aliphatic carbocycles. The van der Waals surface area contributed by atoms with Crippen LogP contribution in [0.2, 0.25) is 0 Å². The number of hydrogen-bond donors (Lipinski definition) is 1.